The summed E-state index contributed by atoms with van der Waals surface area (Å²) < 4.78 is 0. The molecule has 0 atom stereocenters. The van der Waals surface area contributed by atoms with E-state index in [4.69, 9.17) is 5.11 Å². The lowest BCUT2D eigenvalue weighted by molar-refractivity contribution is 0.0690. The van der Waals surface area contributed by atoms with Gasteiger partial charge in [-0.15, -0.1) is 0 Å². The highest BCUT2D eigenvalue weighted by atomic mass is 16.4. The molecule has 2 heterocycles. The monoisotopic (exact) mass is 311 g/mol. The molecule has 0 bridgehead atoms. The molecular weight excluding hydrogens is 290 g/mol. The quantitative estimate of drug-likeness (QED) is 0.919. The molecule has 2 aromatic rings. The fraction of sp³-hybridized carbons (Fsp3) is 0.389. The minimum atomic E-state index is -1.04. The Morgan fingerprint density at radius 3 is 2.48 bits per heavy atom. The molecule has 1 aromatic heterocycles. The van der Waals surface area contributed by atoms with Crippen molar-refractivity contribution in [3.05, 3.63) is 59.7 Å². The zero-order valence-corrected chi connectivity index (χ0v) is 13.1. The molecule has 5 nitrogen and oxygen atoms in total. The Kier molecular flexibility index (Phi) is 4.98. The smallest absolute Gasteiger partial charge is 0.356 e. The Morgan fingerprint density at radius 1 is 1.13 bits per heavy atom. The van der Waals surface area contributed by atoms with Crippen molar-refractivity contribution in [2.45, 2.75) is 25.8 Å². The number of nitrogens with zero attached hydrogens (tertiary/aromatic N) is 3. The summed E-state index contributed by atoms with van der Waals surface area (Å²) >= 11 is 0. The Bertz CT molecular complexity index is 635. The summed E-state index contributed by atoms with van der Waals surface area (Å²) in [4.78, 5) is 21.3. The lowest BCUT2D eigenvalue weighted by Crippen LogP contribution is -2.34. The van der Waals surface area contributed by atoms with Crippen LogP contribution in [0.1, 0.15) is 34.6 Å². The van der Waals surface area contributed by atoms with Gasteiger partial charge in [-0.05, 0) is 43.8 Å². The summed E-state index contributed by atoms with van der Waals surface area (Å²) in [6.07, 6.45) is 6.44. The van der Waals surface area contributed by atoms with E-state index in [0.717, 1.165) is 37.7 Å². The molecule has 0 amide bonds. The highest BCUT2D eigenvalue weighted by molar-refractivity contribution is 5.84. The van der Waals surface area contributed by atoms with Crippen LogP contribution in [-0.2, 0) is 13.0 Å². The number of rotatable bonds is 5. The maximum atomic E-state index is 10.8. The van der Waals surface area contributed by atoms with Crippen molar-refractivity contribution < 1.29 is 9.90 Å². The molecule has 1 fully saturated rings. The van der Waals surface area contributed by atoms with Crippen LogP contribution in [-0.4, -0.2) is 39.0 Å². The first kappa shape index (κ1) is 15.6. The molecule has 0 aliphatic carbocycles. The Labute approximate surface area is 136 Å². The predicted octanol–water partition coefficient (Wildman–Crippen LogP) is 2.63. The van der Waals surface area contributed by atoms with Crippen molar-refractivity contribution >= 4 is 5.97 Å². The minimum absolute atomic E-state index is 0.00433. The van der Waals surface area contributed by atoms with Crippen molar-refractivity contribution in [1.29, 1.82) is 0 Å². The van der Waals surface area contributed by atoms with E-state index in [2.05, 4.69) is 45.2 Å². The Hall–Kier alpha value is -2.27. The highest BCUT2D eigenvalue weighted by Crippen LogP contribution is 2.22. The zero-order valence-electron chi connectivity index (χ0n) is 13.1. The van der Waals surface area contributed by atoms with Gasteiger partial charge >= 0.3 is 5.97 Å². The number of aromatic carboxylic acids is 1. The van der Waals surface area contributed by atoms with Crippen molar-refractivity contribution in [1.82, 2.24) is 14.9 Å². The third-order valence-corrected chi connectivity index (χ3v) is 4.38. The largest absolute Gasteiger partial charge is 0.476 e. The van der Waals surface area contributed by atoms with E-state index in [1.54, 1.807) is 6.20 Å². The van der Waals surface area contributed by atoms with Gasteiger partial charge in [-0.2, -0.15) is 0 Å². The number of carbonyl (C=O) groups is 1. The first-order chi connectivity index (χ1) is 11.2. The van der Waals surface area contributed by atoms with Gasteiger partial charge in [0.2, 0.25) is 0 Å². The van der Waals surface area contributed by atoms with Crippen LogP contribution < -0.4 is 0 Å². The highest BCUT2D eigenvalue weighted by Gasteiger charge is 2.20. The van der Waals surface area contributed by atoms with Gasteiger partial charge in [-0.3, -0.25) is 9.88 Å². The maximum Gasteiger partial charge on any atom is 0.356 e. The molecule has 1 aliphatic heterocycles. The molecule has 0 saturated carbocycles. The standard InChI is InChI=1S/C18H21N3O2/c22-18(23)17-12-19-16(11-20-17)13-21-8-6-15(7-9-21)10-14-4-2-1-3-5-14/h1-5,11-12,15H,6-10,13H2,(H,22,23). The summed E-state index contributed by atoms with van der Waals surface area (Å²) in [6.45, 7) is 2.85. The number of hydrogen-bond donors (Lipinski definition) is 1. The van der Waals surface area contributed by atoms with Crippen LogP contribution in [0.25, 0.3) is 0 Å². The summed E-state index contributed by atoms with van der Waals surface area (Å²) in [7, 11) is 0. The second kappa shape index (κ2) is 7.33. The summed E-state index contributed by atoms with van der Waals surface area (Å²) in [5.41, 5.74) is 2.24. The van der Waals surface area contributed by atoms with Crippen LogP contribution in [0.2, 0.25) is 0 Å². The number of likely N-dealkylation sites (tertiary alicyclic amines) is 1. The van der Waals surface area contributed by atoms with E-state index in [0.29, 0.717) is 0 Å². The SMILES string of the molecule is O=C(O)c1cnc(CN2CCC(Cc3ccccc3)CC2)cn1. The number of carboxylic acid groups (broad SMARTS) is 1. The van der Waals surface area contributed by atoms with Crippen molar-refractivity contribution in [2.24, 2.45) is 5.92 Å². The van der Waals surface area contributed by atoms with Crippen molar-refractivity contribution in [2.75, 3.05) is 13.1 Å². The molecule has 1 aliphatic rings. The van der Waals surface area contributed by atoms with E-state index < -0.39 is 5.97 Å². The first-order valence-electron chi connectivity index (χ1n) is 8.01. The molecule has 1 saturated heterocycles. The van der Waals surface area contributed by atoms with Gasteiger partial charge in [-0.25, -0.2) is 9.78 Å². The van der Waals surface area contributed by atoms with Crippen LogP contribution in [0.5, 0.6) is 0 Å². The van der Waals surface area contributed by atoms with Crippen LogP contribution in [0.4, 0.5) is 0 Å². The molecule has 5 heteroatoms. The van der Waals surface area contributed by atoms with Gasteiger partial charge < -0.3 is 5.11 Å². The molecule has 3 rings (SSSR count). The lowest BCUT2D eigenvalue weighted by atomic mass is 9.90. The number of benzene rings is 1. The third-order valence-electron chi connectivity index (χ3n) is 4.38. The van der Waals surface area contributed by atoms with E-state index in [-0.39, 0.29) is 5.69 Å². The molecular formula is C18H21N3O2. The van der Waals surface area contributed by atoms with Crippen LogP contribution in [0.3, 0.4) is 0 Å². The number of aromatic nitrogens is 2. The fourth-order valence-electron chi connectivity index (χ4n) is 3.07. The van der Waals surface area contributed by atoms with Crippen LogP contribution >= 0.6 is 0 Å². The van der Waals surface area contributed by atoms with Crippen LogP contribution in [0, 0.1) is 5.92 Å². The van der Waals surface area contributed by atoms with Crippen molar-refractivity contribution in [3.8, 4) is 0 Å². The van der Waals surface area contributed by atoms with Gasteiger partial charge in [-0.1, -0.05) is 30.3 Å². The fourth-order valence-corrected chi connectivity index (χ4v) is 3.07. The average Bonchev–Trinajstić information content (AvgIpc) is 2.58. The Balaban J connectivity index is 1.48. The topological polar surface area (TPSA) is 66.3 Å². The molecule has 23 heavy (non-hydrogen) atoms. The zero-order chi connectivity index (χ0) is 16.1. The molecule has 0 radical (unpaired) electrons. The van der Waals surface area contributed by atoms with Gasteiger partial charge in [0.25, 0.3) is 0 Å². The number of hydrogen-bond acceptors (Lipinski definition) is 4. The maximum absolute atomic E-state index is 10.8. The van der Waals surface area contributed by atoms with Gasteiger partial charge in [0, 0.05) is 6.54 Å². The van der Waals surface area contributed by atoms with Crippen molar-refractivity contribution in [3.63, 3.8) is 0 Å². The Morgan fingerprint density at radius 2 is 1.87 bits per heavy atom. The molecule has 0 unspecified atom stereocenters. The minimum Gasteiger partial charge on any atom is -0.476 e. The molecule has 1 aromatic carbocycles. The molecule has 1 N–H and O–H groups in total. The van der Waals surface area contributed by atoms with E-state index >= 15 is 0 Å². The normalized spacial score (nSPS) is 16.3. The summed E-state index contributed by atoms with van der Waals surface area (Å²) in [6, 6.07) is 10.7. The van der Waals surface area contributed by atoms with E-state index in [1.165, 1.54) is 24.6 Å². The predicted molar refractivity (Wildman–Crippen MR) is 87.1 cm³/mol. The summed E-state index contributed by atoms with van der Waals surface area (Å²) in [5.74, 6) is -0.292. The van der Waals surface area contributed by atoms with Gasteiger partial charge in [0.15, 0.2) is 5.69 Å². The lowest BCUT2D eigenvalue weighted by Gasteiger charge is -2.31. The third kappa shape index (κ3) is 4.36. The number of piperidine rings is 1. The number of carboxylic acids is 1. The second-order valence-corrected chi connectivity index (χ2v) is 6.11. The molecule has 0 spiro atoms. The molecule has 120 valence electrons. The average molecular weight is 311 g/mol. The van der Waals surface area contributed by atoms with Gasteiger partial charge in [0.05, 0.1) is 18.1 Å². The summed E-state index contributed by atoms with van der Waals surface area (Å²) in [5, 5.41) is 8.83. The van der Waals surface area contributed by atoms with E-state index in [1.807, 2.05) is 0 Å². The van der Waals surface area contributed by atoms with Gasteiger partial charge in [0.1, 0.15) is 0 Å². The first-order valence-corrected chi connectivity index (χ1v) is 8.01. The van der Waals surface area contributed by atoms with Crippen LogP contribution in [0.15, 0.2) is 42.7 Å². The van der Waals surface area contributed by atoms with E-state index in [9.17, 15) is 4.79 Å². The second-order valence-electron chi connectivity index (χ2n) is 6.11.